The lowest BCUT2D eigenvalue weighted by molar-refractivity contribution is -0.113. The first-order chi connectivity index (χ1) is 13.5. The van der Waals surface area contributed by atoms with E-state index in [2.05, 4.69) is 4.99 Å². The average Bonchev–Trinajstić information content (AvgIpc) is 3.00. The van der Waals surface area contributed by atoms with E-state index in [0.29, 0.717) is 11.5 Å². The first-order valence-corrected chi connectivity index (χ1v) is 9.05. The van der Waals surface area contributed by atoms with Gasteiger partial charge in [-0.3, -0.25) is 9.69 Å². The summed E-state index contributed by atoms with van der Waals surface area (Å²) >= 11 is 0. The number of amides is 1. The second-order valence-corrected chi connectivity index (χ2v) is 6.87. The Kier molecular flexibility index (Phi) is 4.62. The quantitative estimate of drug-likeness (QED) is 0.578. The number of halogens is 1. The van der Waals surface area contributed by atoms with Gasteiger partial charge >= 0.3 is 0 Å². The van der Waals surface area contributed by atoms with Gasteiger partial charge in [-0.2, -0.15) is 0 Å². The van der Waals surface area contributed by atoms with E-state index in [9.17, 15) is 9.18 Å². The molecule has 0 unspecified atom stereocenters. The van der Waals surface area contributed by atoms with Gasteiger partial charge in [0, 0.05) is 5.56 Å². The number of rotatable bonds is 3. The lowest BCUT2D eigenvalue weighted by Crippen LogP contribution is -2.32. The van der Waals surface area contributed by atoms with E-state index < -0.39 is 0 Å². The van der Waals surface area contributed by atoms with Crippen molar-refractivity contribution in [3.05, 3.63) is 107 Å². The minimum Gasteiger partial charge on any atom is -0.266 e. The second-order valence-electron chi connectivity index (χ2n) is 6.87. The molecule has 0 spiro atoms. The summed E-state index contributed by atoms with van der Waals surface area (Å²) in [5, 5.41) is 0. The molecular formula is C24H19FN2O. The molecule has 1 heterocycles. The molecule has 0 saturated carbocycles. The molecule has 4 rings (SSSR count). The van der Waals surface area contributed by atoms with Crippen molar-refractivity contribution in [2.24, 2.45) is 4.99 Å². The largest absolute Gasteiger partial charge is 0.282 e. The maximum Gasteiger partial charge on any atom is 0.282 e. The smallest absolute Gasteiger partial charge is 0.266 e. The van der Waals surface area contributed by atoms with Gasteiger partial charge in [0.05, 0.1) is 5.69 Å². The summed E-state index contributed by atoms with van der Waals surface area (Å²) in [6.45, 7) is 4.00. The highest BCUT2D eigenvalue weighted by Gasteiger charge is 2.32. The van der Waals surface area contributed by atoms with E-state index in [1.807, 2.05) is 62.4 Å². The molecule has 1 amide bonds. The molecule has 28 heavy (non-hydrogen) atoms. The number of aryl methyl sites for hydroxylation is 2. The molecule has 0 N–H and O–H groups in total. The second kappa shape index (κ2) is 7.24. The van der Waals surface area contributed by atoms with Gasteiger partial charge in [-0.05, 0) is 61.4 Å². The summed E-state index contributed by atoms with van der Waals surface area (Å²) in [6, 6.07) is 21.7. The molecule has 0 saturated heterocycles. The molecule has 3 aromatic carbocycles. The van der Waals surface area contributed by atoms with Crippen LogP contribution in [0.1, 0.15) is 22.3 Å². The van der Waals surface area contributed by atoms with Crippen molar-refractivity contribution in [2.75, 3.05) is 4.90 Å². The minimum atomic E-state index is -0.315. The molecular weight excluding hydrogens is 351 g/mol. The molecule has 0 bridgehead atoms. The molecule has 3 nitrogen and oxygen atoms in total. The molecule has 1 aliphatic rings. The SMILES string of the molecule is Cc1cccc(C2=N/C(=C/c3ccc(F)cc3)C(=O)N2c2cccc(C)c2)c1. The van der Waals surface area contributed by atoms with Crippen LogP contribution in [0.15, 0.2) is 83.5 Å². The number of nitrogens with zero attached hydrogens (tertiary/aromatic N) is 2. The van der Waals surface area contributed by atoms with Gasteiger partial charge in [-0.1, -0.05) is 48.0 Å². The zero-order valence-electron chi connectivity index (χ0n) is 15.7. The van der Waals surface area contributed by atoms with Gasteiger partial charge in [-0.25, -0.2) is 9.38 Å². The van der Waals surface area contributed by atoms with Crippen LogP contribution in [0.4, 0.5) is 10.1 Å². The predicted molar refractivity (Wildman–Crippen MR) is 111 cm³/mol. The summed E-state index contributed by atoms with van der Waals surface area (Å²) in [4.78, 5) is 19.5. The van der Waals surface area contributed by atoms with Crippen LogP contribution in [0, 0.1) is 19.7 Å². The Balaban J connectivity index is 1.84. The molecule has 0 radical (unpaired) electrons. The minimum absolute atomic E-state index is 0.202. The Bertz CT molecular complexity index is 1110. The van der Waals surface area contributed by atoms with Crippen LogP contribution in [0.25, 0.3) is 6.08 Å². The Morgan fingerprint density at radius 3 is 2.25 bits per heavy atom. The lowest BCUT2D eigenvalue weighted by atomic mass is 10.1. The number of anilines is 1. The van der Waals surface area contributed by atoms with E-state index in [1.165, 1.54) is 12.1 Å². The van der Waals surface area contributed by atoms with E-state index in [1.54, 1.807) is 23.1 Å². The fourth-order valence-electron chi connectivity index (χ4n) is 3.22. The van der Waals surface area contributed by atoms with Gasteiger partial charge in [0.1, 0.15) is 17.3 Å². The molecule has 0 aliphatic carbocycles. The van der Waals surface area contributed by atoms with Crippen molar-refractivity contribution < 1.29 is 9.18 Å². The van der Waals surface area contributed by atoms with E-state index >= 15 is 0 Å². The van der Waals surface area contributed by atoms with Crippen LogP contribution in [0.5, 0.6) is 0 Å². The number of amidine groups is 1. The van der Waals surface area contributed by atoms with Crippen molar-refractivity contribution in [3.63, 3.8) is 0 Å². The van der Waals surface area contributed by atoms with E-state index in [4.69, 9.17) is 0 Å². The highest BCUT2D eigenvalue weighted by molar-refractivity contribution is 6.33. The lowest BCUT2D eigenvalue weighted by Gasteiger charge is -2.19. The average molecular weight is 370 g/mol. The number of aliphatic imine (C=N–C) groups is 1. The fourth-order valence-corrected chi connectivity index (χ4v) is 3.22. The highest BCUT2D eigenvalue weighted by atomic mass is 19.1. The zero-order chi connectivity index (χ0) is 19.7. The zero-order valence-corrected chi connectivity index (χ0v) is 15.7. The summed E-state index contributed by atoms with van der Waals surface area (Å²) in [5.74, 6) is 0.0735. The highest BCUT2D eigenvalue weighted by Crippen LogP contribution is 2.28. The third-order valence-corrected chi connectivity index (χ3v) is 4.57. The summed E-state index contributed by atoms with van der Waals surface area (Å²) in [7, 11) is 0. The number of carbonyl (C=O) groups excluding carboxylic acids is 1. The van der Waals surface area contributed by atoms with Gasteiger partial charge in [0.2, 0.25) is 0 Å². The number of benzene rings is 3. The van der Waals surface area contributed by atoms with Crippen LogP contribution < -0.4 is 4.90 Å². The molecule has 0 aromatic heterocycles. The van der Waals surface area contributed by atoms with Gasteiger partial charge in [0.15, 0.2) is 0 Å². The topological polar surface area (TPSA) is 32.7 Å². The number of carbonyl (C=O) groups is 1. The third kappa shape index (κ3) is 3.49. The number of hydrogen-bond acceptors (Lipinski definition) is 2. The Morgan fingerprint density at radius 1 is 0.893 bits per heavy atom. The molecule has 1 aliphatic heterocycles. The van der Waals surface area contributed by atoms with Gasteiger partial charge < -0.3 is 0 Å². The van der Waals surface area contributed by atoms with Crippen LogP contribution in [0.3, 0.4) is 0 Å². The monoisotopic (exact) mass is 370 g/mol. The Morgan fingerprint density at radius 2 is 1.57 bits per heavy atom. The fraction of sp³-hybridized carbons (Fsp3) is 0.0833. The molecule has 138 valence electrons. The van der Waals surface area contributed by atoms with Crippen molar-refractivity contribution in [1.29, 1.82) is 0 Å². The van der Waals surface area contributed by atoms with Gasteiger partial charge in [-0.15, -0.1) is 0 Å². The van der Waals surface area contributed by atoms with Crippen molar-refractivity contribution in [3.8, 4) is 0 Å². The van der Waals surface area contributed by atoms with Gasteiger partial charge in [0.25, 0.3) is 5.91 Å². The molecule has 4 heteroatoms. The molecule has 0 fully saturated rings. The van der Waals surface area contributed by atoms with Crippen molar-refractivity contribution in [2.45, 2.75) is 13.8 Å². The van der Waals surface area contributed by atoms with E-state index in [-0.39, 0.29) is 11.7 Å². The van der Waals surface area contributed by atoms with Crippen LogP contribution in [0.2, 0.25) is 0 Å². The summed E-state index contributed by atoms with van der Waals surface area (Å²) < 4.78 is 13.2. The normalized spacial score (nSPS) is 15.2. The van der Waals surface area contributed by atoms with Crippen LogP contribution in [-0.4, -0.2) is 11.7 Å². The Labute approximate surface area is 163 Å². The first-order valence-electron chi connectivity index (χ1n) is 9.05. The van der Waals surface area contributed by atoms with Crippen molar-refractivity contribution in [1.82, 2.24) is 0 Å². The third-order valence-electron chi connectivity index (χ3n) is 4.57. The predicted octanol–water partition coefficient (Wildman–Crippen LogP) is 5.28. The van der Waals surface area contributed by atoms with Crippen LogP contribution in [-0.2, 0) is 4.79 Å². The van der Waals surface area contributed by atoms with Crippen molar-refractivity contribution >= 4 is 23.5 Å². The maximum absolute atomic E-state index is 13.2. The standard InChI is InChI=1S/C24H19FN2O/c1-16-5-3-7-19(13-16)23-26-22(15-18-9-11-20(25)12-10-18)24(28)27(23)21-8-4-6-17(2)14-21/h3-15H,1-2H3/b22-15+. The molecule has 0 atom stereocenters. The Hall–Kier alpha value is -3.53. The number of hydrogen-bond donors (Lipinski definition) is 0. The van der Waals surface area contributed by atoms with Crippen LogP contribution >= 0.6 is 0 Å². The maximum atomic E-state index is 13.2. The first kappa shape index (κ1) is 17.9. The van der Waals surface area contributed by atoms with E-state index in [0.717, 1.165) is 27.9 Å². The summed E-state index contributed by atoms with van der Waals surface area (Å²) in [5.41, 5.74) is 4.84. The molecule has 3 aromatic rings. The summed E-state index contributed by atoms with van der Waals surface area (Å²) in [6.07, 6.45) is 1.69.